The summed E-state index contributed by atoms with van der Waals surface area (Å²) in [5, 5.41) is 9.31. The van der Waals surface area contributed by atoms with Gasteiger partial charge in [0, 0.05) is 24.4 Å². The van der Waals surface area contributed by atoms with E-state index in [2.05, 4.69) is 4.98 Å². The summed E-state index contributed by atoms with van der Waals surface area (Å²) in [7, 11) is 0. The van der Waals surface area contributed by atoms with E-state index in [1.807, 2.05) is 30.3 Å². The maximum absolute atomic E-state index is 13.5. The molecule has 2 heterocycles. The number of nitrogens with zero attached hydrogens (tertiary/aromatic N) is 2. The van der Waals surface area contributed by atoms with Crippen LogP contribution in [0.1, 0.15) is 16.8 Å². The minimum absolute atomic E-state index is 0.0274. The molecule has 1 fully saturated rings. The Balaban J connectivity index is 1.87. The van der Waals surface area contributed by atoms with Crippen molar-refractivity contribution in [3.05, 3.63) is 54.4 Å². The van der Waals surface area contributed by atoms with Crippen LogP contribution >= 0.6 is 0 Å². The van der Waals surface area contributed by atoms with Crippen LogP contribution in [0.15, 0.2) is 48.8 Å². The molecule has 1 aromatic carbocycles. The summed E-state index contributed by atoms with van der Waals surface area (Å²) in [5.74, 6) is -0.288. The first-order chi connectivity index (χ1) is 10.7. The molecule has 22 heavy (non-hydrogen) atoms. The minimum Gasteiger partial charge on any atom is -0.394 e. The number of carbonyl (C=O) groups is 1. The molecule has 4 nitrogen and oxygen atoms in total. The van der Waals surface area contributed by atoms with Crippen molar-refractivity contribution in [2.75, 3.05) is 13.2 Å². The third-order valence-electron chi connectivity index (χ3n) is 3.93. The maximum Gasteiger partial charge on any atom is 0.255 e. The zero-order valence-corrected chi connectivity index (χ0v) is 12.0. The van der Waals surface area contributed by atoms with Gasteiger partial charge in [0.1, 0.15) is 6.17 Å². The molecule has 2 aromatic rings. The SMILES string of the molecule is O=C(c1cncc(-c2ccccc2)c1)N1C[C@@H](F)C[C@H]1CO. The van der Waals surface area contributed by atoms with Gasteiger partial charge in [-0.25, -0.2) is 4.39 Å². The molecule has 0 spiro atoms. The molecule has 0 saturated carbocycles. The van der Waals surface area contributed by atoms with Gasteiger partial charge in [0.05, 0.1) is 24.8 Å². The average Bonchev–Trinajstić information content (AvgIpc) is 2.96. The van der Waals surface area contributed by atoms with Crippen molar-refractivity contribution in [2.24, 2.45) is 0 Å². The van der Waals surface area contributed by atoms with Crippen molar-refractivity contribution in [3.8, 4) is 11.1 Å². The van der Waals surface area contributed by atoms with E-state index < -0.39 is 12.2 Å². The number of pyridine rings is 1. The first-order valence-corrected chi connectivity index (χ1v) is 7.25. The summed E-state index contributed by atoms with van der Waals surface area (Å²) >= 11 is 0. The second-order valence-corrected chi connectivity index (χ2v) is 5.46. The van der Waals surface area contributed by atoms with Crippen molar-refractivity contribution >= 4 is 5.91 Å². The van der Waals surface area contributed by atoms with E-state index in [0.29, 0.717) is 5.56 Å². The predicted molar refractivity (Wildman–Crippen MR) is 81.1 cm³/mol. The van der Waals surface area contributed by atoms with Crippen LogP contribution in [-0.4, -0.2) is 46.3 Å². The third kappa shape index (κ3) is 2.85. The first-order valence-electron chi connectivity index (χ1n) is 7.25. The van der Waals surface area contributed by atoms with E-state index in [1.54, 1.807) is 12.3 Å². The molecule has 0 aliphatic carbocycles. The Kier molecular flexibility index (Phi) is 4.15. The Morgan fingerprint density at radius 1 is 1.27 bits per heavy atom. The van der Waals surface area contributed by atoms with Crippen LogP contribution in [0.25, 0.3) is 11.1 Å². The standard InChI is InChI=1S/C17H17FN2O2/c18-15-7-16(11-21)20(10-15)17(22)14-6-13(8-19-9-14)12-4-2-1-3-5-12/h1-6,8-9,15-16,21H,7,10-11H2/t15-,16-/m0/s1. The highest BCUT2D eigenvalue weighted by Crippen LogP contribution is 2.24. The summed E-state index contributed by atoms with van der Waals surface area (Å²) in [5.41, 5.74) is 2.21. The van der Waals surface area contributed by atoms with Gasteiger partial charge in [-0.1, -0.05) is 30.3 Å². The van der Waals surface area contributed by atoms with Crippen LogP contribution in [-0.2, 0) is 0 Å². The lowest BCUT2D eigenvalue weighted by Gasteiger charge is -2.22. The van der Waals surface area contributed by atoms with Gasteiger partial charge in [0.2, 0.25) is 0 Å². The number of amides is 1. The highest BCUT2D eigenvalue weighted by Gasteiger charge is 2.35. The van der Waals surface area contributed by atoms with Gasteiger partial charge in [0.25, 0.3) is 5.91 Å². The van der Waals surface area contributed by atoms with Crippen molar-refractivity contribution in [2.45, 2.75) is 18.6 Å². The monoisotopic (exact) mass is 300 g/mol. The number of rotatable bonds is 3. The molecule has 0 bridgehead atoms. The lowest BCUT2D eigenvalue weighted by Crippen LogP contribution is -2.37. The van der Waals surface area contributed by atoms with Gasteiger partial charge in [-0.05, 0) is 11.6 Å². The molecule has 3 rings (SSSR count). The predicted octanol–water partition coefficient (Wildman–Crippen LogP) is 2.29. The summed E-state index contributed by atoms with van der Waals surface area (Å²) in [4.78, 5) is 18.1. The Hall–Kier alpha value is -2.27. The van der Waals surface area contributed by atoms with Crippen LogP contribution in [0.2, 0.25) is 0 Å². The van der Waals surface area contributed by atoms with E-state index >= 15 is 0 Å². The maximum atomic E-state index is 13.5. The highest BCUT2D eigenvalue weighted by molar-refractivity contribution is 5.95. The lowest BCUT2D eigenvalue weighted by atomic mass is 10.1. The highest BCUT2D eigenvalue weighted by atomic mass is 19.1. The van der Waals surface area contributed by atoms with E-state index in [4.69, 9.17) is 0 Å². The topological polar surface area (TPSA) is 53.4 Å². The molecule has 1 aliphatic rings. The van der Waals surface area contributed by atoms with E-state index in [1.165, 1.54) is 11.1 Å². The second-order valence-electron chi connectivity index (χ2n) is 5.46. The zero-order valence-electron chi connectivity index (χ0n) is 12.0. The number of likely N-dealkylation sites (tertiary alicyclic amines) is 1. The van der Waals surface area contributed by atoms with Gasteiger partial charge in [-0.15, -0.1) is 0 Å². The van der Waals surface area contributed by atoms with Crippen LogP contribution in [0.3, 0.4) is 0 Å². The molecule has 1 amide bonds. The number of alkyl halides is 1. The molecule has 0 unspecified atom stereocenters. The first kappa shape index (κ1) is 14.7. The number of aliphatic hydroxyl groups is 1. The molecule has 1 aromatic heterocycles. The largest absolute Gasteiger partial charge is 0.394 e. The number of hydrogen-bond donors (Lipinski definition) is 1. The number of hydrogen-bond acceptors (Lipinski definition) is 3. The Labute approximate surface area is 128 Å². The molecule has 0 radical (unpaired) electrons. The van der Waals surface area contributed by atoms with Crippen LogP contribution < -0.4 is 0 Å². The number of carbonyl (C=O) groups excluding carboxylic acids is 1. The number of benzene rings is 1. The number of aromatic nitrogens is 1. The lowest BCUT2D eigenvalue weighted by molar-refractivity contribution is 0.0672. The second kappa shape index (κ2) is 6.23. The summed E-state index contributed by atoms with van der Waals surface area (Å²) < 4.78 is 13.5. The smallest absolute Gasteiger partial charge is 0.255 e. The molecule has 1 saturated heterocycles. The number of halogens is 1. The molecule has 114 valence electrons. The Morgan fingerprint density at radius 2 is 2.05 bits per heavy atom. The molecule has 5 heteroatoms. The van der Waals surface area contributed by atoms with Crippen molar-refractivity contribution in [1.82, 2.24) is 9.88 Å². The molecular weight excluding hydrogens is 283 g/mol. The van der Waals surface area contributed by atoms with Crippen molar-refractivity contribution in [3.63, 3.8) is 0 Å². The van der Waals surface area contributed by atoms with Crippen molar-refractivity contribution < 1.29 is 14.3 Å². The van der Waals surface area contributed by atoms with E-state index in [-0.39, 0.29) is 25.5 Å². The molecule has 1 N–H and O–H groups in total. The van der Waals surface area contributed by atoms with E-state index in [0.717, 1.165) is 11.1 Å². The van der Waals surface area contributed by atoms with E-state index in [9.17, 15) is 14.3 Å². The normalized spacial score (nSPS) is 21.1. The van der Waals surface area contributed by atoms with Crippen LogP contribution in [0.4, 0.5) is 4.39 Å². The quantitative estimate of drug-likeness (QED) is 0.946. The Bertz CT molecular complexity index is 663. The minimum atomic E-state index is -1.08. The molecular formula is C17H17FN2O2. The van der Waals surface area contributed by atoms with Gasteiger partial charge >= 0.3 is 0 Å². The fourth-order valence-electron chi connectivity index (χ4n) is 2.79. The van der Waals surface area contributed by atoms with Gasteiger partial charge in [-0.3, -0.25) is 9.78 Å². The number of aliphatic hydroxyl groups excluding tert-OH is 1. The zero-order chi connectivity index (χ0) is 15.5. The molecule has 1 aliphatic heterocycles. The van der Waals surface area contributed by atoms with Gasteiger partial charge in [0.15, 0.2) is 0 Å². The Morgan fingerprint density at radius 3 is 2.77 bits per heavy atom. The fraction of sp³-hybridized carbons (Fsp3) is 0.294. The summed E-state index contributed by atoms with van der Waals surface area (Å²) in [6.45, 7) is -0.197. The van der Waals surface area contributed by atoms with Crippen LogP contribution in [0.5, 0.6) is 0 Å². The summed E-state index contributed by atoms with van der Waals surface area (Å²) in [6.07, 6.45) is 2.28. The average molecular weight is 300 g/mol. The fourth-order valence-corrected chi connectivity index (χ4v) is 2.79. The third-order valence-corrected chi connectivity index (χ3v) is 3.93. The van der Waals surface area contributed by atoms with Gasteiger partial charge in [-0.2, -0.15) is 0 Å². The van der Waals surface area contributed by atoms with Gasteiger partial charge < -0.3 is 10.0 Å². The molecule has 2 atom stereocenters. The summed E-state index contributed by atoms with van der Waals surface area (Å²) in [6, 6.07) is 10.9. The van der Waals surface area contributed by atoms with Crippen LogP contribution in [0, 0.1) is 0 Å². The van der Waals surface area contributed by atoms with Crippen molar-refractivity contribution in [1.29, 1.82) is 0 Å².